The number of hydrogen-bond acceptors (Lipinski definition) is 3. The van der Waals surface area contributed by atoms with Crippen LogP contribution in [0.1, 0.15) is 13.8 Å². The zero-order valence-electron chi connectivity index (χ0n) is 8.20. The normalized spacial score (nSPS) is 15.4. The molecule has 2 unspecified atom stereocenters. The number of hydrogen-bond donors (Lipinski definition) is 1. The van der Waals surface area contributed by atoms with Crippen LogP contribution in [0.25, 0.3) is 0 Å². The van der Waals surface area contributed by atoms with Gasteiger partial charge in [0.15, 0.2) is 0 Å². The number of amides is 1. The number of methoxy groups -OCH3 is 1. The van der Waals surface area contributed by atoms with Gasteiger partial charge in [0, 0.05) is 14.2 Å². The van der Waals surface area contributed by atoms with Gasteiger partial charge >= 0.3 is 0 Å². The van der Waals surface area contributed by atoms with Crippen LogP contribution in [0.5, 0.6) is 0 Å². The number of carbonyl (C=O) groups is 1. The minimum absolute atomic E-state index is 0.0560. The zero-order chi connectivity index (χ0) is 9.72. The van der Waals surface area contributed by atoms with Crippen LogP contribution in [0.2, 0.25) is 0 Å². The third-order valence-electron chi connectivity index (χ3n) is 1.81. The van der Waals surface area contributed by atoms with Gasteiger partial charge in [0.1, 0.15) is 0 Å². The maximum Gasteiger partial charge on any atom is 0.239 e. The van der Waals surface area contributed by atoms with Crippen LogP contribution in [0.4, 0.5) is 0 Å². The molecule has 4 heteroatoms. The quantitative estimate of drug-likeness (QED) is 0.643. The van der Waals surface area contributed by atoms with Crippen molar-refractivity contribution < 1.29 is 9.53 Å². The maximum absolute atomic E-state index is 11.3. The number of carbonyl (C=O) groups excluding carboxylic acids is 1. The van der Waals surface area contributed by atoms with Crippen LogP contribution < -0.4 is 5.73 Å². The molecule has 12 heavy (non-hydrogen) atoms. The zero-order valence-corrected chi connectivity index (χ0v) is 8.20. The Morgan fingerprint density at radius 1 is 1.58 bits per heavy atom. The molecule has 0 spiro atoms. The fraction of sp³-hybridized carbons (Fsp3) is 0.875. The van der Waals surface area contributed by atoms with Crippen LogP contribution in [0.3, 0.4) is 0 Å². The first kappa shape index (κ1) is 11.4. The average molecular weight is 174 g/mol. The Balaban J connectivity index is 4.00. The van der Waals surface area contributed by atoms with Gasteiger partial charge in [-0.1, -0.05) is 0 Å². The molecule has 0 rings (SSSR count). The lowest BCUT2D eigenvalue weighted by atomic mass is 10.2. The van der Waals surface area contributed by atoms with E-state index >= 15 is 0 Å². The summed E-state index contributed by atoms with van der Waals surface area (Å²) in [6, 6.07) is -0.359. The molecule has 0 bridgehead atoms. The molecule has 0 fully saturated rings. The van der Waals surface area contributed by atoms with Crippen molar-refractivity contribution in [2.75, 3.05) is 20.8 Å². The smallest absolute Gasteiger partial charge is 0.239 e. The molecule has 0 aromatic rings. The van der Waals surface area contributed by atoms with Gasteiger partial charge < -0.3 is 15.4 Å². The Hall–Kier alpha value is -0.610. The molecule has 0 saturated heterocycles. The van der Waals surface area contributed by atoms with Crippen LogP contribution in [-0.4, -0.2) is 43.7 Å². The molecule has 0 saturated carbocycles. The first-order valence-corrected chi connectivity index (χ1v) is 4.02. The van der Waals surface area contributed by atoms with E-state index in [1.807, 2.05) is 6.92 Å². The van der Waals surface area contributed by atoms with Gasteiger partial charge in [0.25, 0.3) is 0 Å². The predicted molar refractivity (Wildman–Crippen MR) is 47.8 cm³/mol. The Bertz CT molecular complexity index is 148. The Kier molecular flexibility index (Phi) is 4.85. The molecule has 0 aliphatic rings. The van der Waals surface area contributed by atoms with Crippen molar-refractivity contribution >= 4 is 5.91 Å². The molecule has 2 atom stereocenters. The topological polar surface area (TPSA) is 55.6 Å². The van der Waals surface area contributed by atoms with E-state index in [9.17, 15) is 4.79 Å². The number of ether oxygens (including phenoxy) is 1. The minimum atomic E-state index is -0.436. The lowest BCUT2D eigenvalue weighted by molar-refractivity contribution is -0.133. The van der Waals surface area contributed by atoms with Gasteiger partial charge in [0.05, 0.1) is 18.7 Å². The highest BCUT2D eigenvalue weighted by Crippen LogP contribution is 1.98. The van der Waals surface area contributed by atoms with E-state index in [1.54, 1.807) is 26.0 Å². The molecular weight excluding hydrogens is 156 g/mol. The highest BCUT2D eigenvalue weighted by atomic mass is 16.5. The first-order valence-electron chi connectivity index (χ1n) is 4.02. The van der Waals surface area contributed by atoms with E-state index in [0.29, 0.717) is 6.61 Å². The van der Waals surface area contributed by atoms with Crippen molar-refractivity contribution in [3.05, 3.63) is 0 Å². The molecule has 1 amide bonds. The number of nitrogens with zero attached hydrogens (tertiary/aromatic N) is 1. The minimum Gasteiger partial charge on any atom is -0.383 e. The monoisotopic (exact) mass is 174 g/mol. The molecule has 0 aliphatic carbocycles. The van der Waals surface area contributed by atoms with Gasteiger partial charge in [-0.15, -0.1) is 0 Å². The average Bonchev–Trinajstić information content (AvgIpc) is 2.02. The van der Waals surface area contributed by atoms with Crippen molar-refractivity contribution in [3.63, 3.8) is 0 Å². The predicted octanol–water partition coefficient (Wildman–Crippen LogP) is -0.173. The van der Waals surface area contributed by atoms with E-state index in [0.717, 1.165) is 0 Å². The molecule has 0 aromatic carbocycles. The SMILES string of the molecule is COCC(C)N(C)C(=O)C(C)N. The highest BCUT2D eigenvalue weighted by Gasteiger charge is 2.18. The number of likely N-dealkylation sites (N-methyl/N-ethyl adjacent to an activating group) is 1. The molecule has 2 N–H and O–H groups in total. The molecule has 4 nitrogen and oxygen atoms in total. The third kappa shape index (κ3) is 3.19. The van der Waals surface area contributed by atoms with Gasteiger partial charge in [-0.25, -0.2) is 0 Å². The lowest BCUT2D eigenvalue weighted by Crippen LogP contribution is -2.45. The second kappa shape index (κ2) is 5.11. The van der Waals surface area contributed by atoms with E-state index in [-0.39, 0.29) is 11.9 Å². The molecule has 0 radical (unpaired) electrons. The summed E-state index contributed by atoms with van der Waals surface area (Å²) < 4.78 is 4.92. The first-order chi connectivity index (χ1) is 5.50. The van der Waals surface area contributed by atoms with Crippen LogP contribution in [-0.2, 0) is 9.53 Å². The van der Waals surface area contributed by atoms with E-state index in [1.165, 1.54) is 0 Å². The number of rotatable bonds is 4. The summed E-state index contributed by atoms with van der Waals surface area (Å²) in [5.74, 6) is -0.0560. The fourth-order valence-electron chi connectivity index (χ4n) is 0.891. The highest BCUT2D eigenvalue weighted by molar-refractivity contribution is 5.81. The van der Waals surface area contributed by atoms with Crippen molar-refractivity contribution in [2.45, 2.75) is 25.9 Å². The Labute approximate surface area is 73.7 Å². The van der Waals surface area contributed by atoms with E-state index < -0.39 is 6.04 Å². The maximum atomic E-state index is 11.3. The summed E-state index contributed by atoms with van der Waals surface area (Å²) >= 11 is 0. The molecule has 72 valence electrons. The van der Waals surface area contributed by atoms with Crippen molar-refractivity contribution in [1.82, 2.24) is 4.90 Å². The Morgan fingerprint density at radius 3 is 2.42 bits per heavy atom. The third-order valence-corrected chi connectivity index (χ3v) is 1.81. The Morgan fingerprint density at radius 2 is 2.08 bits per heavy atom. The van der Waals surface area contributed by atoms with Crippen LogP contribution >= 0.6 is 0 Å². The molecule has 0 heterocycles. The summed E-state index contributed by atoms with van der Waals surface area (Å²) in [5.41, 5.74) is 5.44. The van der Waals surface area contributed by atoms with Gasteiger partial charge in [-0.3, -0.25) is 4.79 Å². The number of nitrogens with two attached hydrogens (primary N) is 1. The molecule has 0 aromatic heterocycles. The van der Waals surface area contributed by atoms with Gasteiger partial charge in [-0.2, -0.15) is 0 Å². The van der Waals surface area contributed by atoms with Crippen molar-refractivity contribution in [3.8, 4) is 0 Å². The van der Waals surface area contributed by atoms with Crippen molar-refractivity contribution in [2.24, 2.45) is 5.73 Å². The summed E-state index contributed by atoms with van der Waals surface area (Å²) in [6.45, 7) is 4.14. The van der Waals surface area contributed by atoms with E-state index in [4.69, 9.17) is 10.5 Å². The van der Waals surface area contributed by atoms with E-state index in [2.05, 4.69) is 0 Å². The summed E-state index contributed by atoms with van der Waals surface area (Å²) in [6.07, 6.45) is 0. The summed E-state index contributed by atoms with van der Waals surface area (Å²) in [4.78, 5) is 12.9. The van der Waals surface area contributed by atoms with Gasteiger partial charge in [0.2, 0.25) is 5.91 Å². The summed E-state index contributed by atoms with van der Waals surface area (Å²) in [5, 5.41) is 0. The molecule has 0 aliphatic heterocycles. The largest absolute Gasteiger partial charge is 0.383 e. The van der Waals surface area contributed by atoms with Crippen LogP contribution in [0.15, 0.2) is 0 Å². The molecular formula is C8H18N2O2. The fourth-order valence-corrected chi connectivity index (χ4v) is 0.891. The summed E-state index contributed by atoms with van der Waals surface area (Å²) in [7, 11) is 3.34. The second-order valence-electron chi connectivity index (χ2n) is 3.04. The second-order valence-corrected chi connectivity index (χ2v) is 3.04. The van der Waals surface area contributed by atoms with Crippen molar-refractivity contribution in [1.29, 1.82) is 0 Å². The lowest BCUT2D eigenvalue weighted by Gasteiger charge is -2.25. The van der Waals surface area contributed by atoms with Gasteiger partial charge in [-0.05, 0) is 13.8 Å². The van der Waals surface area contributed by atoms with Crippen LogP contribution in [0, 0.1) is 0 Å². The standard InChI is InChI=1S/C8H18N2O2/c1-6(5-12-4)10(3)8(11)7(2)9/h6-7H,5,9H2,1-4H3.